The third kappa shape index (κ3) is 2.35. The quantitative estimate of drug-likeness (QED) is 0.548. The molecule has 2 heterocycles. The SMILES string of the molecule is N=C(N)c1ncccc1CN1CC2CCC(O)C2C1. The molecule has 5 heteroatoms. The number of nitrogens with zero attached hydrogens (tertiary/aromatic N) is 2. The molecule has 0 radical (unpaired) electrons. The number of aromatic nitrogens is 1. The Morgan fingerprint density at radius 1 is 1.47 bits per heavy atom. The van der Waals surface area contributed by atoms with Gasteiger partial charge in [0.2, 0.25) is 0 Å². The number of nitrogens with one attached hydrogen (secondary N) is 1. The van der Waals surface area contributed by atoms with Gasteiger partial charge in [-0.2, -0.15) is 0 Å². The third-order valence-corrected chi connectivity index (χ3v) is 4.44. The van der Waals surface area contributed by atoms with Crippen LogP contribution in [0.15, 0.2) is 18.3 Å². The van der Waals surface area contributed by atoms with E-state index < -0.39 is 0 Å². The molecule has 0 spiro atoms. The Balaban J connectivity index is 1.72. The monoisotopic (exact) mass is 260 g/mol. The molecule has 1 aromatic heterocycles. The minimum atomic E-state index is -0.129. The van der Waals surface area contributed by atoms with Crippen LogP contribution in [0.5, 0.6) is 0 Å². The molecule has 102 valence electrons. The van der Waals surface area contributed by atoms with Gasteiger partial charge in [-0.05, 0) is 30.4 Å². The number of aliphatic hydroxyl groups is 1. The maximum atomic E-state index is 9.93. The van der Waals surface area contributed by atoms with Gasteiger partial charge >= 0.3 is 0 Å². The Bertz CT molecular complexity index is 490. The number of hydrogen-bond acceptors (Lipinski definition) is 4. The summed E-state index contributed by atoms with van der Waals surface area (Å²) in [5, 5.41) is 17.5. The van der Waals surface area contributed by atoms with Gasteiger partial charge in [0.15, 0.2) is 0 Å². The molecule has 4 N–H and O–H groups in total. The summed E-state index contributed by atoms with van der Waals surface area (Å²) in [6.07, 6.45) is 3.63. The van der Waals surface area contributed by atoms with E-state index in [-0.39, 0.29) is 11.9 Å². The van der Waals surface area contributed by atoms with Crippen LogP contribution in [-0.2, 0) is 6.54 Å². The number of nitrogens with two attached hydrogens (primary N) is 1. The summed E-state index contributed by atoms with van der Waals surface area (Å²) in [6, 6.07) is 3.86. The first-order chi connectivity index (χ1) is 9.15. The van der Waals surface area contributed by atoms with Crippen molar-refractivity contribution < 1.29 is 5.11 Å². The van der Waals surface area contributed by atoms with Crippen LogP contribution in [0.25, 0.3) is 0 Å². The van der Waals surface area contributed by atoms with Crippen molar-refractivity contribution in [1.82, 2.24) is 9.88 Å². The molecule has 0 amide bonds. The van der Waals surface area contributed by atoms with Gasteiger partial charge in [-0.15, -0.1) is 0 Å². The molecule has 3 unspecified atom stereocenters. The predicted molar refractivity (Wildman–Crippen MR) is 72.8 cm³/mol. The molecular weight excluding hydrogens is 240 g/mol. The van der Waals surface area contributed by atoms with Gasteiger partial charge in [-0.3, -0.25) is 15.3 Å². The molecule has 1 saturated carbocycles. The zero-order valence-corrected chi connectivity index (χ0v) is 10.9. The molecule has 19 heavy (non-hydrogen) atoms. The van der Waals surface area contributed by atoms with E-state index in [1.54, 1.807) is 6.20 Å². The first-order valence-electron chi connectivity index (χ1n) is 6.84. The van der Waals surface area contributed by atoms with E-state index in [4.69, 9.17) is 11.1 Å². The molecule has 1 aromatic rings. The number of amidine groups is 1. The predicted octanol–water partition coefficient (Wildman–Crippen LogP) is 0.568. The van der Waals surface area contributed by atoms with Gasteiger partial charge in [0.05, 0.1) is 6.10 Å². The summed E-state index contributed by atoms with van der Waals surface area (Å²) in [6.45, 7) is 2.74. The highest BCUT2D eigenvalue weighted by Gasteiger charge is 2.41. The van der Waals surface area contributed by atoms with Crippen molar-refractivity contribution in [1.29, 1.82) is 5.41 Å². The average Bonchev–Trinajstić information content (AvgIpc) is 2.92. The normalized spacial score (nSPS) is 30.5. The number of rotatable bonds is 3. The van der Waals surface area contributed by atoms with E-state index in [9.17, 15) is 5.11 Å². The Morgan fingerprint density at radius 2 is 2.32 bits per heavy atom. The Morgan fingerprint density at radius 3 is 3.05 bits per heavy atom. The van der Waals surface area contributed by atoms with Crippen LogP contribution in [0, 0.1) is 17.2 Å². The lowest BCUT2D eigenvalue weighted by Crippen LogP contribution is -2.26. The van der Waals surface area contributed by atoms with Crippen molar-refractivity contribution in [3.63, 3.8) is 0 Å². The van der Waals surface area contributed by atoms with Gasteiger partial charge in [-0.1, -0.05) is 6.07 Å². The van der Waals surface area contributed by atoms with Gasteiger partial charge in [0.1, 0.15) is 11.5 Å². The lowest BCUT2D eigenvalue weighted by Gasteiger charge is -2.19. The molecule has 2 aliphatic rings. The summed E-state index contributed by atoms with van der Waals surface area (Å²) in [7, 11) is 0. The van der Waals surface area contributed by atoms with Crippen molar-refractivity contribution in [2.75, 3.05) is 13.1 Å². The fourth-order valence-electron chi connectivity index (χ4n) is 3.51. The van der Waals surface area contributed by atoms with Crippen LogP contribution in [-0.4, -0.2) is 40.0 Å². The first-order valence-corrected chi connectivity index (χ1v) is 6.84. The van der Waals surface area contributed by atoms with E-state index in [2.05, 4.69) is 9.88 Å². The highest BCUT2D eigenvalue weighted by Crippen LogP contribution is 2.38. The van der Waals surface area contributed by atoms with E-state index in [0.29, 0.717) is 17.5 Å². The van der Waals surface area contributed by atoms with Crippen molar-refractivity contribution in [2.45, 2.75) is 25.5 Å². The third-order valence-electron chi connectivity index (χ3n) is 4.44. The summed E-state index contributed by atoms with van der Waals surface area (Å²) >= 11 is 0. The zero-order valence-electron chi connectivity index (χ0n) is 10.9. The molecule has 1 saturated heterocycles. The van der Waals surface area contributed by atoms with Crippen LogP contribution < -0.4 is 5.73 Å². The molecule has 1 aliphatic heterocycles. The number of pyridine rings is 1. The van der Waals surface area contributed by atoms with Crippen LogP contribution in [0.3, 0.4) is 0 Å². The van der Waals surface area contributed by atoms with Gasteiger partial charge in [0, 0.05) is 31.7 Å². The second-order valence-corrected chi connectivity index (χ2v) is 5.69. The number of hydrogen-bond donors (Lipinski definition) is 3. The molecule has 0 bridgehead atoms. The molecule has 3 atom stereocenters. The summed E-state index contributed by atoms with van der Waals surface area (Å²) < 4.78 is 0. The fraction of sp³-hybridized carbons (Fsp3) is 0.571. The van der Waals surface area contributed by atoms with Crippen molar-refractivity contribution in [2.24, 2.45) is 17.6 Å². The van der Waals surface area contributed by atoms with E-state index in [1.165, 1.54) is 0 Å². The molecular formula is C14H20N4O. The maximum Gasteiger partial charge on any atom is 0.142 e. The number of likely N-dealkylation sites (tertiary alicyclic amines) is 1. The minimum Gasteiger partial charge on any atom is -0.393 e. The van der Waals surface area contributed by atoms with Crippen molar-refractivity contribution in [3.05, 3.63) is 29.6 Å². The van der Waals surface area contributed by atoms with Crippen LogP contribution in [0.4, 0.5) is 0 Å². The molecule has 3 rings (SSSR count). The lowest BCUT2D eigenvalue weighted by atomic mass is 10.00. The number of aliphatic hydroxyl groups excluding tert-OH is 1. The van der Waals surface area contributed by atoms with Crippen LogP contribution >= 0.6 is 0 Å². The standard InChI is InChI=1S/C14H20N4O/c15-14(16)13-10(2-1-5-17-13)7-18-6-9-3-4-12(19)11(9)8-18/h1-2,5,9,11-12,19H,3-4,6-8H2,(H3,15,16). The molecule has 0 aromatic carbocycles. The number of fused-ring (bicyclic) bond motifs is 1. The molecule has 1 aliphatic carbocycles. The average molecular weight is 260 g/mol. The van der Waals surface area contributed by atoms with Gasteiger partial charge in [0.25, 0.3) is 0 Å². The first kappa shape index (κ1) is 12.6. The summed E-state index contributed by atoms with van der Waals surface area (Å²) in [4.78, 5) is 6.53. The van der Waals surface area contributed by atoms with E-state index in [0.717, 1.165) is 38.0 Å². The number of nitrogen functional groups attached to an aromatic ring is 1. The largest absolute Gasteiger partial charge is 0.393 e. The van der Waals surface area contributed by atoms with Crippen LogP contribution in [0.2, 0.25) is 0 Å². The Labute approximate surface area is 113 Å². The molecule has 2 fully saturated rings. The van der Waals surface area contributed by atoms with Gasteiger partial charge in [-0.25, -0.2) is 0 Å². The van der Waals surface area contributed by atoms with Crippen molar-refractivity contribution in [3.8, 4) is 0 Å². The summed E-state index contributed by atoms with van der Waals surface area (Å²) in [5.41, 5.74) is 7.15. The maximum absolute atomic E-state index is 9.93. The van der Waals surface area contributed by atoms with E-state index >= 15 is 0 Å². The van der Waals surface area contributed by atoms with Gasteiger partial charge < -0.3 is 10.8 Å². The van der Waals surface area contributed by atoms with Crippen molar-refractivity contribution >= 4 is 5.84 Å². The second kappa shape index (κ2) is 4.90. The topological polar surface area (TPSA) is 86.2 Å². The lowest BCUT2D eigenvalue weighted by molar-refractivity contribution is 0.123. The summed E-state index contributed by atoms with van der Waals surface area (Å²) in [5.74, 6) is 1.08. The van der Waals surface area contributed by atoms with E-state index in [1.807, 2.05) is 12.1 Å². The molecule has 5 nitrogen and oxygen atoms in total. The minimum absolute atomic E-state index is 0.0232. The second-order valence-electron chi connectivity index (χ2n) is 5.69. The zero-order chi connectivity index (χ0) is 13.4. The highest BCUT2D eigenvalue weighted by atomic mass is 16.3. The fourth-order valence-corrected chi connectivity index (χ4v) is 3.51. The highest BCUT2D eigenvalue weighted by molar-refractivity contribution is 5.94. The smallest absolute Gasteiger partial charge is 0.142 e. The van der Waals surface area contributed by atoms with Crippen LogP contribution in [0.1, 0.15) is 24.1 Å². The Kier molecular flexibility index (Phi) is 3.24. The Hall–Kier alpha value is -1.46.